The van der Waals surface area contributed by atoms with Crippen LogP contribution in [0.15, 0.2) is 17.2 Å². The molecule has 0 radical (unpaired) electrons. The summed E-state index contributed by atoms with van der Waals surface area (Å²) >= 11 is 1.18. The van der Waals surface area contributed by atoms with Gasteiger partial charge in [0.05, 0.1) is 17.7 Å². The maximum atomic E-state index is 12.6. The number of methoxy groups -OCH3 is 1. The van der Waals surface area contributed by atoms with Gasteiger partial charge in [-0.15, -0.1) is 11.8 Å². The van der Waals surface area contributed by atoms with E-state index in [-0.39, 0.29) is 12.4 Å². The fourth-order valence-electron chi connectivity index (χ4n) is 1.33. The quantitative estimate of drug-likeness (QED) is 0.475. The van der Waals surface area contributed by atoms with E-state index in [2.05, 4.69) is 9.72 Å². The highest BCUT2D eigenvalue weighted by atomic mass is 32.2. The van der Waals surface area contributed by atoms with Gasteiger partial charge in [-0.25, -0.2) is 4.98 Å². The van der Waals surface area contributed by atoms with Gasteiger partial charge in [0.2, 0.25) is 0 Å². The SMILES string of the molecule is COC(=O)CCCSc1ccc(C(F)(F)F)c(C#N)n1. The van der Waals surface area contributed by atoms with E-state index in [4.69, 9.17) is 5.26 Å². The van der Waals surface area contributed by atoms with Crippen LogP contribution >= 0.6 is 11.8 Å². The van der Waals surface area contributed by atoms with Gasteiger partial charge in [0.25, 0.3) is 0 Å². The number of nitriles is 1. The van der Waals surface area contributed by atoms with Crippen molar-refractivity contribution in [3.05, 3.63) is 23.4 Å². The predicted octanol–water partition coefficient (Wildman–Crippen LogP) is 3.02. The molecule has 0 aliphatic heterocycles. The van der Waals surface area contributed by atoms with Crippen LogP contribution in [0.5, 0.6) is 0 Å². The van der Waals surface area contributed by atoms with Gasteiger partial charge in [0.15, 0.2) is 5.69 Å². The molecule has 0 aliphatic carbocycles. The van der Waals surface area contributed by atoms with Gasteiger partial charge in [-0.2, -0.15) is 18.4 Å². The van der Waals surface area contributed by atoms with E-state index >= 15 is 0 Å². The van der Waals surface area contributed by atoms with Gasteiger partial charge in [-0.05, 0) is 18.6 Å². The molecule has 108 valence electrons. The van der Waals surface area contributed by atoms with Gasteiger partial charge in [0.1, 0.15) is 6.07 Å². The molecule has 1 aromatic heterocycles. The summed E-state index contributed by atoms with van der Waals surface area (Å²) < 4.78 is 42.1. The van der Waals surface area contributed by atoms with Crippen LogP contribution in [-0.4, -0.2) is 23.8 Å². The molecule has 0 fully saturated rings. The van der Waals surface area contributed by atoms with E-state index in [9.17, 15) is 18.0 Å². The normalized spacial score (nSPS) is 10.9. The molecular formula is C12H11F3N2O2S. The Hall–Kier alpha value is -1.75. The van der Waals surface area contributed by atoms with Crippen molar-refractivity contribution in [1.82, 2.24) is 4.98 Å². The summed E-state index contributed by atoms with van der Waals surface area (Å²) in [7, 11) is 1.28. The molecule has 0 saturated heterocycles. The number of esters is 1. The highest BCUT2D eigenvalue weighted by molar-refractivity contribution is 7.99. The Kier molecular flexibility index (Phi) is 5.82. The van der Waals surface area contributed by atoms with Crippen LogP contribution in [-0.2, 0) is 15.7 Å². The molecule has 0 aliphatic rings. The Bertz CT molecular complexity index is 526. The lowest BCUT2D eigenvalue weighted by Crippen LogP contribution is -2.09. The number of hydrogen-bond donors (Lipinski definition) is 0. The molecule has 20 heavy (non-hydrogen) atoms. The van der Waals surface area contributed by atoms with E-state index in [0.29, 0.717) is 17.2 Å². The number of alkyl halides is 3. The molecule has 8 heteroatoms. The van der Waals surface area contributed by atoms with E-state index in [1.54, 1.807) is 0 Å². The summed E-state index contributed by atoms with van der Waals surface area (Å²) in [6.07, 6.45) is -3.84. The molecule has 0 amide bonds. The van der Waals surface area contributed by atoms with Crippen molar-refractivity contribution in [2.45, 2.75) is 24.0 Å². The predicted molar refractivity (Wildman–Crippen MR) is 65.9 cm³/mol. The Morgan fingerprint density at radius 2 is 2.20 bits per heavy atom. The van der Waals surface area contributed by atoms with Gasteiger partial charge in [-0.3, -0.25) is 4.79 Å². The Morgan fingerprint density at radius 3 is 2.75 bits per heavy atom. The summed E-state index contributed by atoms with van der Waals surface area (Å²) in [5.41, 5.74) is -1.69. The third kappa shape index (κ3) is 4.74. The van der Waals surface area contributed by atoms with Gasteiger partial charge < -0.3 is 4.74 Å². The van der Waals surface area contributed by atoms with Gasteiger partial charge in [0, 0.05) is 12.2 Å². The number of halogens is 3. The zero-order chi connectivity index (χ0) is 15.2. The number of thioether (sulfide) groups is 1. The molecule has 1 aromatic rings. The molecule has 0 saturated carbocycles. The molecule has 0 bridgehead atoms. The molecule has 1 heterocycles. The highest BCUT2D eigenvalue weighted by Crippen LogP contribution is 2.32. The zero-order valence-electron chi connectivity index (χ0n) is 10.5. The number of carbonyl (C=O) groups is 1. The standard InChI is InChI=1S/C12H11F3N2O2S/c1-19-11(18)3-2-6-20-10-5-4-8(12(13,14)15)9(7-16)17-10/h4-5H,2-3,6H2,1H3. The second-order valence-electron chi connectivity index (χ2n) is 3.68. The maximum Gasteiger partial charge on any atom is 0.419 e. The smallest absolute Gasteiger partial charge is 0.419 e. The fourth-order valence-corrected chi connectivity index (χ4v) is 2.15. The molecule has 0 unspecified atom stereocenters. The lowest BCUT2D eigenvalue weighted by Gasteiger charge is -2.09. The molecular weight excluding hydrogens is 293 g/mol. The van der Waals surface area contributed by atoms with Crippen molar-refractivity contribution < 1.29 is 22.7 Å². The number of aromatic nitrogens is 1. The minimum atomic E-state index is -4.59. The summed E-state index contributed by atoms with van der Waals surface area (Å²) in [5, 5.41) is 9.02. The third-order valence-corrected chi connectivity index (χ3v) is 3.30. The van der Waals surface area contributed by atoms with Crippen molar-refractivity contribution in [3.8, 4) is 6.07 Å². The van der Waals surface area contributed by atoms with Crippen LogP contribution in [0, 0.1) is 11.3 Å². The molecule has 4 nitrogen and oxygen atoms in total. The van der Waals surface area contributed by atoms with Crippen molar-refractivity contribution in [2.75, 3.05) is 12.9 Å². The van der Waals surface area contributed by atoms with Crippen LogP contribution < -0.4 is 0 Å². The number of carbonyl (C=O) groups excluding carboxylic acids is 1. The topological polar surface area (TPSA) is 63.0 Å². The second-order valence-corrected chi connectivity index (χ2v) is 4.80. The average Bonchev–Trinajstić information content (AvgIpc) is 2.41. The summed E-state index contributed by atoms with van der Waals surface area (Å²) in [6, 6.07) is 3.50. The molecule has 0 atom stereocenters. The first-order valence-electron chi connectivity index (χ1n) is 5.56. The molecule has 0 spiro atoms. The lowest BCUT2D eigenvalue weighted by atomic mass is 10.2. The largest absolute Gasteiger partial charge is 0.469 e. The Morgan fingerprint density at radius 1 is 1.50 bits per heavy atom. The summed E-state index contributed by atoms with van der Waals surface area (Å²) in [6.45, 7) is 0. The first-order chi connectivity index (χ1) is 9.38. The Labute approximate surface area is 117 Å². The van der Waals surface area contributed by atoms with Gasteiger partial charge >= 0.3 is 12.1 Å². The maximum absolute atomic E-state index is 12.6. The molecule has 0 N–H and O–H groups in total. The fraction of sp³-hybridized carbons (Fsp3) is 0.417. The number of nitrogens with zero attached hydrogens (tertiary/aromatic N) is 2. The van der Waals surface area contributed by atoms with Crippen molar-refractivity contribution in [2.24, 2.45) is 0 Å². The summed E-state index contributed by atoms with van der Waals surface area (Å²) in [4.78, 5) is 14.5. The van der Waals surface area contributed by atoms with E-state index < -0.39 is 17.4 Å². The minimum Gasteiger partial charge on any atom is -0.469 e. The van der Waals surface area contributed by atoms with Crippen LogP contribution in [0.1, 0.15) is 24.1 Å². The van der Waals surface area contributed by atoms with Crippen molar-refractivity contribution >= 4 is 17.7 Å². The van der Waals surface area contributed by atoms with E-state index in [1.165, 1.54) is 31.0 Å². The Balaban J connectivity index is 2.66. The van der Waals surface area contributed by atoms with Crippen molar-refractivity contribution in [1.29, 1.82) is 5.26 Å². The van der Waals surface area contributed by atoms with Crippen LogP contribution in [0.3, 0.4) is 0 Å². The second kappa shape index (κ2) is 7.14. The molecule has 1 rings (SSSR count). The zero-order valence-corrected chi connectivity index (χ0v) is 11.3. The monoisotopic (exact) mass is 304 g/mol. The number of pyridine rings is 1. The van der Waals surface area contributed by atoms with E-state index in [1.807, 2.05) is 0 Å². The first kappa shape index (κ1) is 16.3. The summed E-state index contributed by atoms with van der Waals surface area (Å²) in [5.74, 6) is 0.155. The minimum absolute atomic E-state index is 0.231. The lowest BCUT2D eigenvalue weighted by molar-refractivity contribution is -0.140. The molecule has 0 aromatic carbocycles. The number of rotatable bonds is 5. The highest BCUT2D eigenvalue weighted by Gasteiger charge is 2.34. The van der Waals surface area contributed by atoms with Gasteiger partial charge in [-0.1, -0.05) is 0 Å². The first-order valence-corrected chi connectivity index (χ1v) is 6.55. The van der Waals surface area contributed by atoms with Crippen LogP contribution in [0.4, 0.5) is 13.2 Å². The van der Waals surface area contributed by atoms with E-state index in [0.717, 1.165) is 6.07 Å². The third-order valence-electron chi connectivity index (χ3n) is 2.28. The number of ether oxygens (including phenoxy) is 1. The van der Waals surface area contributed by atoms with Crippen LogP contribution in [0.2, 0.25) is 0 Å². The van der Waals surface area contributed by atoms with Crippen molar-refractivity contribution in [3.63, 3.8) is 0 Å². The number of hydrogen-bond acceptors (Lipinski definition) is 5. The van der Waals surface area contributed by atoms with Crippen LogP contribution in [0.25, 0.3) is 0 Å². The average molecular weight is 304 g/mol.